The Balaban J connectivity index is 1.58. The Hall–Kier alpha value is -0.0800. The number of hydrogen-bond acceptors (Lipinski definition) is 2. The van der Waals surface area contributed by atoms with Crippen LogP contribution in [0.1, 0.15) is 33.1 Å². The first-order valence-electron chi connectivity index (χ1n) is 7.19. The summed E-state index contributed by atoms with van der Waals surface area (Å²) in [5.41, 5.74) is 0. The fourth-order valence-corrected chi connectivity index (χ4v) is 4.04. The molecule has 0 aromatic heterocycles. The van der Waals surface area contributed by atoms with Crippen LogP contribution in [-0.2, 0) is 0 Å². The van der Waals surface area contributed by atoms with E-state index in [1.807, 2.05) is 0 Å². The second kappa shape index (κ2) is 4.30. The molecule has 3 fully saturated rings. The third-order valence-electron chi connectivity index (χ3n) is 5.50. The number of nitrogens with zero attached hydrogens (tertiary/aromatic N) is 1. The molecule has 0 bridgehead atoms. The Bertz CT molecular complexity index is 238. The van der Waals surface area contributed by atoms with E-state index in [2.05, 4.69) is 24.1 Å². The van der Waals surface area contributed by atoms with Crippen LogP contribution in [0, 0.1) is 23.7 Å². The smallest absolute Gasteiger partial charge is 0.00982 e. The number of likely N-dealkylation sites (tertiary alicyclic amines) is 1. The Labute approximate surface area is 99.8 Å². The van der Waals surface area contributed by atoms with Crippen molar-refractivity contribution in [1.29, 1.82) is 0 Å². The summed E-state index contributed by atoms with van der Waals surface area (Å²) in [7, 11) is 0. The highest BCUT2D eigenvalue weighted by molar-refractivity contribution is 4.94. The van der Waals surface area contributed by atoms with Crippen molar-refractivity contribution in [2.75, 3.05) is 26.2 Å². The average molecular weight is 222 g/mol. The maximum atomic E-state index is 3.54. The topological polar surface area (TPSA) is 15.3 Å². The fourth-order valence-electron chi connectivity index (χ4n) is 4.04. The highest BCUT2D eigenvalue weighted by atomic mass is 15.2. The predicted octanol–water partition coefficient (Wildman–Crippen LogP) is 1.96. The van der Waals surface area contributed by atoms with E-state index in [-0.39, 0.29) is 0 Å². The first-order chi connectivity index (χ1) is 7.74. The molecule has 2 saturated heterocycles. The van der Waals surface area contributed by atoms with Crippen LogP contribution in [0.3, 0.4) is 0 Å². The zero-order valence-electron chi connectivity index (χ0n) is 10.8. The van der Waals surface area contributed by atoms with Gasteiger partial charge in [-0.15, -0.1) is 0 Å². The van der Waals surface area contributed by atoms with E-state index < -0.39 is 0 Å². The third kappa shape index (κ3) is 1.91. The molecule has 0 spiro atoms. The highest BCUT2D eigenvalue weighted by Crippen LogP contribution is 2.36. The van der Waals surface area contributed by atoms with Crippen LogP contribution >= 0.6 is 0 Å². The van der Waals surface area contributed by atoms with Gasteiger partial charge < -0.3 is 5.32 Å². The van der Waals surface area contributed by atoms with Gasteiger partial charge in [-0.05, 0) is 56.0 Å². The van der Waals surface area contributed by atoms with Crippen molar-refractivity contribution < 1.29 is 0 Å². The molecule has 2 nitrogen and oxygen atoms in total. The number of nitrogens with one attached hydrogen (secondary N) is 1. The fraction of sp³-hybridized carbons (Fsp3) is 1.00. The molecule has 16 heavy (non-hydrogen) atoms. The predicted molar refractivity (Wildman–Crippen MR) is 67.4 cm³/mol. The minimum absolute atomic E-state index is 0.914. The van der Waals surface area contributed by atoms with Crippen molar-refractivity contribution >= 4 is 0 Å². The van der Waals surface area contributed by atoms with Crippen molar-refractivity contribution in [3.63, 3.8) is 0 Å². The third-order valence-corrected chi connectivity index (χ3v) is 5.50. The summed E-state index contributed by atoms with van der Waals surface area (Å²) < 4.78 is 0. The van der Waals surface area contributed by atoms with Gasteiger partial charge in [-0.25, -0.2) is 0 Å². The zero-order chi connectivity index (χ0) is 11.1. The van der Waals surface area contributed by atoms with Crippen LogP contribution in [0.4, 0.5) is 0 Å². The highest BCUT2D eigenvalue weighted by Gasteiger charge is 2.40. The summed E-state index contributed by atoms with van der Waals surface area (Å²) in [6.07, 6.45) is 4.36. The largest absolute Gasteiger partial charge is 0.316 e. The van der Waals surface area contributed by atoms with Crippen molar-refractivity contribution in [1.82, 2.24) is 10.2 Å². The molecule has 92 valence electrons. The first kappa shape index (κ1) is 11.0. The lowest BCUT2D eigenvalue weighted by Crippen LogP contribution is -2.40. The van der Waals surface area contributed by atoms with Crippen molar-refractivity contribution in [3.05, 3.63) is 0 Å². The zero-order valence-corrected chi connectivity index (χ0v) is 10.8. The molecule has 2 heterocycles. The molecule has 1 N–H and O–H groups in total. The van der Waals surface area contributed by atoms with E-state index in [4.69, 9.17) is 0 Å². The maximum absolute atomic E-state index is 3.54. The van der Waals surface area contributed by atoms with Crippen molar-refractivity contribution in [2.24, 2.45) is 23.7 Å². The average Bonchev–Trinajstić information content (AvgIpc) is 2.81. The SMILES string of the molecule is CC1CCC(N2CC3CNCC3C2)CC1C. The summed E-state index contributed by atoms with van der Waals surface area (Å²) in [4.78, 5) is 2.82. The lowest BCUT2D eigenvalue weighted by molar-refractivity contribution is 0.124. The van der Waals surface area contributed by atoms with Crippen LogP contribution in [0.5, 0.6) is 0 Å². The Morgan fingerprint density at radius 3 is 2.25 bits per heavy atom. The Morgan fingerprint density at radius 1 is 0.938 bits per heavy atom. The molecular formula is C14H26N2. The molecule has 2 heteroatoms. The summed E-state index contributed by atoms with van der Waals surface area (Å²) >= 11 is 0. The van der Waals surface area contributed by atoms with Crippen LogP contribution in [-0.4, -0.2) is 37.1 Å². The molecule has 3 rings (SSSR count). The maximum Gasteiger partial charge on any atom is 0.00982 e. The molecule has 0 aromatic carbocycles. The van der Waals surface area contributed by atoms with Gasteiger partial charge in [-0.2, -0.15) is 0 Å². The summed E-state index contributed by atoms with van der Waals surface area (Å²) in [5.74, 6) is 3.83. The quantitative estimate of drug-likeness (QED) is 0.729. The van der Waals surface area contributed by atoms with E-state index in [9.17, 15) is 0 Å². The van der Waals surface area contributed by atoms with Gasteiger partial charge in [0.2, 0.25) is 0 Å². The summed E-state index contributed by atoms with van der Waals surface area (Å²) in [5, 5.41) is 3.54. The molecular weight excluding hydrogens is 196 g/mol. The molecule has 0 aromatic rings. The lowest BCUT2D eigenvalue weighted by Gasteiger charge is -2.37. The molecule has 0 radical (unpaired) electrons. The van der Waals surface area contributed by atoms with Crippen molar-refractivity contribution in [3.8, 4) is 0 Å². The molecule has 3 aliphatic rings. The second-order valence-corrected chi connectivity index (χ2v) is 6.55. The summed E-state index contributed by atoms with van der Waals surface area (Å²) in [6, 6.07) is 0.914. The minimum Gasteiger partial charge on any atom is -0.316 e. The number of hydrogen-bond donors (Lipinski definition) is 1. The van der Waals surface area contributed by atoms with Gasteiger partial charge in [-0.1, -0.05) is 13.8 Å². The molecule has 1 saturated carbocycles. The summed E-state index contributed by atoms with van der Waals surface area (Å²) in [6.45, 7) is 10.2. The second-order valence-electron chi connectivity index (χ2n) is 6.55. The van der Waals surface area contributed by atoms with Crippen LogP contribution in [0.25, 0.3) is 0 Å². The lowest BCUT2D eigenvalue weighted by atomic mass is 9.78. The van der Waals surface area contributed by atoms with Gasteiger partial charge in [0.05, 0.1) is 0 Å². The van der Waals surface area contributed by atoms with E-state index in [1.54, 1.807) is 0 Å². The Kier molecular flexibility index (Phi) is 2.97. The van der Waals surface area contributed by atoms with Crippen LogP contribution < -0.4 is 5.32 Å². The molecule has 0 amide bonds. The monoisotopic (exact) mass is 222 g/mol. The van der Waals surface area contributed by atoms with Gasteiger partial charge in [0.15, 0.2) is 0 Å². The van der Waals surface area contributed by atoms with Crippen molar-refractivity contribution in [2.45, 2.75) is 39.2 Å². The van der Waals surface area contributed by atoms with Crippen LogP contribution in [0.15, 0.2) is 0 Å². The number of fused-ring (bicyclic) bond motifs is 1. The molecule has 5 atom stereocenters. The van der Waals surface area contributed by atoms with Gasteiger partial charge in [-0.3, -0.25) is 4.90 Å². The van der Waals surface area contributed by atoms with Gasteiger partial charge in [0.1, 0.15) is 0 Å². The minimum atomic E-state index is 0.914. The molecule has 2 aliphatic heterocycles. The van der Waals surface area contributed by atoms with E-state index in [0.717, 1.165) is 29.7 Å². The van der Waals surface area contributed by atoms with E-state index in [0.29, 0.717) is 0 Å². The van der Waals surface area contributed by atoms with Gasteiger partial charge in [0, 0.05) is 19.1 Å². The normalized spacial score (nSPS) is 49.5. The number of rotatable bonds is 1. The van der Waals surface area contributed by atoms with Gasteiger partial charge >= 0.3 is 0 Å². The standard InChI is InChI=1S/C14H26N2/c1-10-3-4-14(5-11(10)2)16-8-12-6-15-7-13(12)9-16/h10-15H,3-9H2,1-2H3. The molecule has 5 unspecified atom stereocenters. The van der Waals surface area contributed by atoms with E-state index >= 15 is 0 Å². The first-order valence-corrected chi connectivity index (χ1v) is 7.19. The van der Waals surface area contributed by atoms with E-state index in [1.165, 1.54) is 45.4 Å². The Morgan fingerprint density at radius 2 is 1.62 bits per heavy atom. The molecule has 1 aliphatic carbocycles. The van der Waals surface area contributed by atoms with Crippen LogP contribution in [0.2, 0.25) is 0 Å². The van der Waals surface area contributed by atoms with Gasteiger partial charge in [0.25, 0.3) is 0 Å².